The number of hydrogen-bond acceptors (Lipinski definition) is 5. The third kappa shape index (κ3) is 11.5. The molecule has 0 fully saturated rings. The summed E-state index contributed by atoms with van der Waals surface area (Å²) in [5, 5.41) is 30.7. The van der Waals surface area contributed by atoms with E-state index < -0.39 is 0 Å². The van der Waals surface area contributed by atoms with Gasteiger partial charge in [0.1, 0.15) is 5.76 Å². The molecule has 1 aromatic carbocycles. The van der Waals surface area contributed by atoms with Crippen LogP contribution in [0.3, 0.4) is 0 Å². The van der Waals surface area contributed by atoms with Gasteiger partial charge in [0, 0.05) is 70.5 Å². The van der Waals surface area contributed by atoms with Gasteiger partial charge in [-0.05, 0) is 63.4 Å². The largest absolute Gasteiger partial charge is 0.508 e. The molecule has 151 valence electrons. The van der Waals surface area contributed by atoms with E-state index in [9.17, 15) is 10.2 Å². The molecular formula is C21H35N2O3Y-. The molecule has 6 heteroatoms. The molecule has 5 nitrogen and oxygen atoms in total. The molecule has 0 spiro atoms. The molecule has 0 aliphatic rings. The van der Waals surface area contributed by atoms with Crippen molar-refractivity contribution >= 4 is 5.76 Å². The standard InChI is InChI=1S/C19H28N2O2.CH4O.CH3.Y/c1-4-7-16-12-14(2)18(15(3)13-16)19(23)17(22)8-5-6-10-21-11-9-20;1-2;;/h12-13,21-23H,5-6,8-11,20H2,1-3H3;2H,1H3;1H3;/q;;-1;/b19-17+;;;. The topological polar surface area (TPSA) is 98.7 Å². The number of nitrogens with one attached hydrogen (secondary N) is 1. The fraction of sp³-hybridized carbons (Fsp3) is 0.476. The first-order valence-electron chi connectivity index (χ1n) is 8.52. The van der Waals surface area contributed by atoms with E-state index in [2.05, 4.69) is 17.2 Å². The van der Waals surface area contributed by atoms with Crippen molar-refractivity contribution in [3.05, 3.63) is 47.6 Å². The summed E-state index contributed by atoms with van der Waals surface area (Å²) in [6, 6.07) is 3.86. The molecule has 0 saturated carbocycles. The molecule has 0 aliphatic carbocycles. The molecule has 0 aromatic heterocycles. The van der Waals surface area contributed by atoms with Crippen LogP contribution in [0.25, 0.3) is 5.76 Å². The van der Waals surface area contributed by atoms with Crippen LogP contribution in [0, 0.1) is 33.1 Å². The summed E-state index contributed by atoms with van der Waals surface area (Å²) in [5.74, 6) is 5.91. The van der Waals surface area contributed by atoms with E-state index in [0.717, 1.165) is 49.7 Å². The van der Waals surface area contributed by atoms with Gasteiger partial charge >= 0.3 is 0 Å². The number of aliphatic hydroxyl groups excluding tert-OH is 3. The maximum Gasteiger partial charge on any atom is 0.160 e. The normalized spacial score (nSPS) is 10.1. The van der Waals surface area contributed by atoms with Crippen LogP contribution in [-0.2, 0) is 32.7 Å². The number of allylic oxidation sites excluding steroid dienone is 1. The van der Waals surface area contributed by atoms with Crippen LogP contribution < -0.4 is 11.1 Å². The molecule has 0 heterocycles. The van der Waals surface area contributed by atoms with Gasteiger partial charge in [-0.1, -0.05) is 5.92 Å². The van der Waals surface area contributed by atoms with Gasteiger partial charge in [-0.25, -0.2) is 0 Å². The predicted octanol–water partition coefficient (Wildman–Crippen LogP) is 3.23. The number of unbranched alkanes of at least 4 members (excludes halogenated alkanes) is 1. The summed E-state index contributed by atoms with van der Waals surface area (Å²) >= 11 is 0. The summed E-state index contributed by atoms with van der Waals surface area (Å²) in [7, 11) is 1.00. The molecule has 0 bridgehead atoms. The minimum absolute atomic E-state index is 0. The smallest absolute Gasteiger partial charge is 0.160 e. The summed E-state index contributed by atoms with van der Waals surface area (Å²) < 4.78 is 0. The molecular weight excluding hydrogens is 417 g/mol. The zero-order chi connectivity index (χ0) is 19.2. The van der Waals surface area contributed by atoms with Gasteiger partial charge in [-0.3, -0.25) is 0 Å². The monoisotopic (exact) mass is 452 g/mol. The third-order valence-corrected chi connectivity index (χ3v) is 3.65. The van der Waals surface area contributed by atoms with Crippen molar-refractivity contribution in [3.63, 3.8) is 0 Å². The molecule has 1 aromatic rings. The number of aryl methyl sites for hydroxylation is 2. The average molecular weight is 452 g/mol. The second kappa shape index (κ2) is 18.5. The molecule has 0 aliphatic heterocycles. The second-order valence-corrected chi connectivity index (χ2v) is 5.65. The first-order chi connectivity index (χ1) is 12.0. The molecule has 0 saturated heterocycles. The van der Waals surface area contributed by atoms with Crippen molar-refractivity contribution in [1.82, 2.24) is 5.32 Å². The van der Waals surface area contributed by atoms with E-state index in [1.807, 2.05) is 26.0 Å². The number of hydrogen-bond donors (Lipinski definition) is 5. The van der Waals surface area contributed by atoms with Crippen LogP contribution in [0.1, 0.15) is 48.4 Å². The Bertz CT molecular complexity index is 597. The van der Waals surface area contributed by atoms with Gasteiger partial charge in [0.05, 0.1) is 0 Å². The Labute approximate surface area is 190 Å². The zero-order valence-electron chi connectivity index (χ0n) is 17.4. The van der Waals surface area contributed by atoms with Crippen molar-refractivity contribution in [2.45, 2.75) is 40.0 Å². The van der Waals surface area contributed by atoms with Crippen molar-refractivity contribution < 1.29 is 48.0 Å². The Kier molecular flexibility index (Phi) is 21.1. The Morgan fingerprint density at radius 1 is 1.07 bits per heavy atom. The molecule has 6 N–H and O–H groups in total. The van der Waals surface area contributed by atoms with Crippen LogP contribution in [0.15, 0.2) is 17.9 Å². The van der Waals surface area contributed by atoms with Gasteiger partial charge in [0.2, 0.25) is 0 Å². The van der Waals surface area contributed by atoms with E-state index in [1.54, 1.807) is 6.92 Å². The Hall–Kier alpha value is -0.896. The first-order valence-corrected chi connectivity index (χ1v) is 8.52. The Morgan fingerprint density at radius 2 is 1.63 bits per heavy atom. The Balaban J connectivity index is -0.00000139. The van der Waals surface area contributed by atoms with Crippen molar-refractivity contribution in [3.8, 4) is 11.8 Å². The third-order valence-electron chi connectivity index (χ3n) is 3.65. The fourth-order valence-corrected chi connectivity index (χ4v) is 2.59. The van der Waals surface area contributed by atoms with Crippen LogP contribution in [0.5, 0.6) is 0 Å². The average Bonchev–Trinajstić information content (AvgIpc) is 2.59. The summed E-state index contributed by atoms with van der Waals surface area (Å²) in [5.41, 5.74) is 8.85. The van der Waals surface area contributed by atoms with E-state index in [-0.39, 0.29) is 51.7 Å². The van der Waals surface area contributed by atoms with E-state index in [0.29, 0.717) is 18.5 Å². The van der Waals surface area contributed by atoms with Crippen molar-refractivity contribution in [1.29, 1.82) is 0 Å². The molecule has 1 rings (SSSR count). The molecule has 27 heavy (non-hydrogen) atoms. The predicted molar refractivity (Wildman–Crippen MR) is 111 cm³/mol. The first kappa shape index (κ1) is 30.8. The maximum atomic E-state index is 10.4. The minimum atomic E-state index is -0.0223. The Morgan fingerprint density at radius 3 is 2.11 bits per heavy atom. The minimum Gasteiger partial charge on any atom is -0.508 e. The molecule has 0 atom stereocenters. The quantitative estimate of drug-likeness (QED) is 0.181. The molecule has 0 amide bonds. The second-order valence-electron chi connectivity index (χ2n) is 5.65. The van der Waals surface area contributed by atoms with Gasteiger partial charge in [0.15, 0.2) is 5.76 Å². The van der Waals surface area contributed by atoms with Gasteiger partial charge in [-0.15, -0.1) is 5.92 Å². The SMILES string of the molecule is CC#Cc1cc(C)c(/C(O)=C(\O)CCCCNCCN)c(C)c1.CO.[CH3-].[Y]. The van der Waals surface area contributed by atoms with Crippen molar-refractivity contribution in [2.75, 3.05) is 26.7 Å². The molecule has 1 radical (unpaired) electrons. The van der Waals surface area contributed by atoms with Crippen LogP contribution in [-0.4, -0.2) is 42.1 Å². The van der Waals surface area contributed by atoms with E-state index in [1.165, 1.54) is 0 Å². The van der Waals surface area contributed by atoms with Crippen LogP contribution >= 0.6 is 0 Å². The zero-order valence-corrected chi connectivity index (χ0v) is 20.2. The molecule has 0 unspecified atom stereocenters. The maximum absolute atomic E-state index is 10.4. The summed E-state index contributed by atoms with van der Waals surface area (Å²) in [6.45, 7) is 7.94. The number of aliphatic hydroxyl groups is 3. The number of rotatable bonds is 8. The van der Waals surface area contributed by atoms with Gasteiger partial charge in [0.25, 0.3) is 0 Å². The fourth-order valence-electron chi connectivity index (χ4n) is 2.59. The van der Waals surface area contributed by atoms with E-state index in [4.69, 9.17) is 10.8 Å². The van der Waals surface area contributed by atoms with E-state index >= 15 is 0 Å². The van der Waals surface area contributed by atoms with Gasteiger partial charge < -0.3 is 33.8 Å². The van der Waals surface area contributed by atoms with Gasteiger partial charge in [-0.2, -0.15) is 0 Å². The van der Waals surface area contributed by atoms with Crippen LogP contribution in [0.4, 0.5) is 0 Å². The van der Waals surface area contributed by atoms with Crippen molar-refractivity contribution in [2.24, 2.45) is 5.73 Å². The van der Waals surface area contributed by atoms with Crippen LogP contribution in [0.2, 0.25) is 0 Å². The summed E-state index contributed by atoms with van der Waals surface area (Å²) in [6.07, 6.45) is 2.21. The number of benzene rings is 1. The summed E-state index contributed by atoms with van der Waals surface area (Å²) in [4.78, 5) is 0. The number of nitrogens with two attached hydrogens (primary N) is 1.